The number of aromatic nitrogens is 3. The monoisotopic (exact) mass is 696 g/mol. The van der Waals surface area contributed by atoms with Crippen LogP contribution in [0.5, 0.6) is 0 Å². The summed E-state index contributed by atoms with van der Waals surface area (Å²) in [5.74, 6) is 0.850. The van der Waals surface area contributed by atoms with Crippen LogP contribution in [0.2, 0.25) is 0 Å². The van der Waals surface area contributed by atoms with Gasteiger partial charge in [-0.2, -0.15) is 0 Å². The Hall–Kier alpha value is -5.93. The molecule has 228 valence electrons. The van der Waals surface area contributed by atoms with E-state index in [0.717, 1.165) is 49.0 Å². The third kappa shape index (κ3) is 4.69. The summed E-state index contributed by atoms with van der Waals surface area (Å²) in [5.41, 5.74) is 3.66. The van der Waals surface area contributed by atoms with Crippen LogP contribution in [0.1, 0.15) is 9.60 Å². The van der Waals surface area contributed by atoms with Crippen molar-refractivity contribution in [2.24, 2.45) is 0 Å². The molecular weight excluding hydrogens is 661 g/mol. The van der Waals surface area contributed by atoms with Crippen molar-refractivity contribution in [3.63, 3.8) is 0 Å². The van der Waals surface area contributed by atoms with Crippen LogP contribution in [0.15, 0.2) is 164 Å². The first-order valence-corrected chi connectivity index (χ1v) is 17.6. The molecule has 0 atom stereocenters. The number of hydrogen-bond acceptors (Lipinski definition) is 3. The quantitative estimate of drug-likeness (QED) is 0.136. The molecule has 0 radical (unpaired) electrons. The normalized spacial score (nSPS) is 13.7. The van der Waals surface area contributed by atoms with Gasteiger partial charge in [-0.1, -0.05) is 6.07 Å². The summed E-state index contributed by atoms with van der Waals surface area (Å²) in [5, 5.41) is 7.08. The van der Waals surface area contributed by atoms with E-state index in [1.165, 1.54) is 0 Å². The maximum atomic E-state index is 9.25. The molecule has 49 heavy (non-hydrogen) atoms. The first-order valence-electron chi connectivity index (χ1n) is 19.4. The number of rotatable bonds is 4. The molecule has 0 fully saturated rings. The van der Waals surface area contributed by atoms with Crippen LogP contribution in [-0.2, 0) is 0 Å². The van der Waals surface area contributed by atoms with E-state index in [2.05, 4.69) is 42.5 Å². The molecular formula is C45H27N3Se. The molecule has 2 aromatic heterocycles. The Kier molecular flexibility index (Phi) is 5.06. The van der Waals surface area contributed by atoms with Gasteiger partial charge in [0.1, 0.15) is 0 Å². The van der Waals surface area contributed by atoms with Gasteiger partial charge in [-0.05, 0) is 0 Å². The SMILES string of the molecule is [2H]c1c([2H])c([2H])c2c([se]c3c(-c4nc(-c5cccc(-c6ccccc6)c5)nc(-c5ccc6c7ccccc7c7ccccc7c6c5)n4)c([2H])c([2H])c([2H])c32)c1[2H]. The van der Waals surface area contributed by atoms with Gasteiger partial charge in [0.25, 0.3) is 0 Å². The Morgan fingerprint density at radius 1 is 0.388 bits per heavy atom. The van der Waals surface area contributed by atoms with Crippen LogP contribution in [0, 0.1) is 0 Å². The second kappa shape index (κ2) is 11.3. The molecule has 0 N–H and O–H groups in total. The summed E-state index contributed by atoms with van der Waals surface area (Å²) < 4.78 is 62.3. The molecule has 10 aromatic rings. The average Bonchev–Trinajstić information content (AvgIpc) is 3.65. The fraction of sp³-hybridized carbons (Fsp3) is 0. The molecule has 0 aliphatic carbocycles. The predicted octanol–water partition coefficient (Wildman–Crippen LogP) is 11.4. The fourth-order valence-corrected chi connectivity index (χ4v) is 8.97. The van der Waals surface area contributed by atoms with Crippen LogP contribution in [0.25, 0.3) is 96.9 Å². The van der Waals surface area contributed by atoms with Crippen molar-refractivity contribution in [3.05, 3.63) is 164 Å². The summed E-state index contributed by atoms with van der Waals surface area (Å²) in [6.07, 6.45) is 0. The van der Waals surface area contributed by atoms with E-state index in [4.69, 9.17) is 23.2 Å². The molecule has 3 nitrogen and oxygen atoms in total. The molecule has 0 bridgehead atoms. The van der Waals surface area contributed by atoms with Crippen LogP contribution >= 0.6 is 0 Å². The van der Waals surface area contributed by atoms with Gasteiger partial charge in [-0.25, -0.2) is 0 Å². The van der Waals surface area contributed by atoms with E-state index >= 15 is 0 Å². The van der Waals surface area contributed by atoms with Gasteiger partial charge >= 0.3 is 294 Å². The van der Waals surface area contributed by atoms with Crippen molar-refractivity contribution in [2.45, 2.75) is 0 Å². The second-order valence-electron chi connectivity index (χ2n) is 11.9. The van der Waals surface area contributed by atoms with Crippen molar-refractivity contribution < 1.29 is 9.60 Å². The van der Waals surface area contributed by atoms with E-state index in [1.807, 2.05) is 78.9 Å². The van der Waals surface area contributed by atoms with Gasteiger partial charge in [0.05, 0.1) is 0 Å². The molecule has 0 saturated carbocycles. The maximum absolute atomic E-state index is 9.25. The first-order chi connectivity index (χ1) is 27.2. The third-order valence-corrected chi connectivity index (χ3v) is 11.4. The summed E-state index contributed by atoms with van der Waals surface area (Å²) >= 11 is -0.737. The fourth-order valence-electron chi connectivity index (χ4n) is 6.75. The Morgan fingerprint density at radius 3 is 1.71 bits per heavy atom. The van der Waals surface area contributed by atoms with Crippen LogP contribution in [-0.4, -0.2) is 29.5 Å². The van der Waals surface area contributed by atoms with Crippen molar-refractivity contribution in [3.8, 4) is 45.3 Å². The number of hydrogen-bond donors (Lipinski definition) is 0. The second-order valence-corrected chi connectivity index (χ2v) is 14.0. The molecule has 0 saturated heterocycles. The summed E-state index contributed by atoms with van der Waals surface area (Å²) in [7, 11) is 0. The number of benzene rings is 8. The van der Waals surface area contributed by atoms with Crippen LogP contribution in [0.4, 0.5) is 0 Å². The Morgan fingerprint density at radius 2 is 0.959 bits per heavy atom. The average molecular weight is 696 g/mol. The number of nitrogens with zero attached hydrogens (tertiary/aromatic N) is 3. The molecule has 0 amide bonds. The summed E-state index contributed by atoms with van der Waals surface area (Å²) in [6, 6.07) is 38.7. The van der Waals surface area contributed by atoms with E-state index in [9.17, 15) is 1.37 Å². The number of fused-ring (bicyclic) bond motifs is 9. The van der Waals surface area contributed by atoms with Crippen LogP contribution in [0.3, 0.4) is 0 Å². The zero-order valence-electron chi connectivity index (χ0n) is 32.8. The molecule has 0 aliphatic heterocycles. The Balaban J connectivity index is 1.29. The van der Waals surface area contributed by atoms with E-state index in [-0.39, 0.29) is 58.4 Å². The minimum absolute atomic E-state index is 0.137. The molecule has 4 heteroatoms. The predicted molar refractivity (Wildman–Crippen MR) is 206 cm³/mol. The van der Waals surface area contributed by atoms with E-state index < -0.39 is 20.5 Å². The summed E-state index contributed by atoms with van der Waals surface area (Å²) in [4.78, 5) is 15.1. The van der Waals surface area contributed by atoms with Crippen molar-refractivity contribution in [1.29, 1.82) is 0 Å². The molecule has 0 unspecified atom stereocenters. The Bertz CT molecular complexity index is 3260. The van der Waals surface area contributed by atoms with Gasteiger partial charge in [0.15, 0.2) is 0 Å². The van der Waals surface area contributed by atoms with E-state index in [1.54, 1.807) is 0 Å². The molecule has 0 spiro atoms. The van der Waals surface area contributed by atoms with E-state index in [0.29, 0.717) is 25.7 Å². The topological polar surface area (TPSA) is 38.7 Å². The van der Waals surface area contributed by atoms with Gasteiger partial charge in [-0.15, -0.1) is 0 Å². The third-order valence-electron chi connectivity index (χ3n) is 9.03. The Labute approximate surface area is 298 Å². The standard InChI is InChI=1S/C45H27N3Se/c1-2-12-28(13-3-1)29-14-10-15-30(26-29)43-46-44(48-45(47-43)39-22-11-21-38-37-20-8-9-23-41(37)49-42(38)39)31-24-25-36-34-18-5-4-16-32(34)33-17-6-7-19-35(33)40(36)27-31/h1-27H/i8D,9D,11D,20D,21D,22D,23D. The minimum atomic E-state index is -0.737. The molecule has 8 aromatic carbocycles. The van der Waals surface area contributed by atoms with Crippen molar-refractivity contribution in [2.75, 3.05) is 0 Å². The first kappa shape index (κ1) is 21.8. The van der Waals surface area contributed by atoms with Gasteiger partial charge in [-0.3, -0.25) is 0 Å². The van der Waals surface area contributed by atoms with Crippen LogP contribution < -0.4 is 0 Å². The van der Waals surface area contributed by atoms with Gasteiger partial charge in [0, 0.05) is 0 Å². The van der Waals surface area contributed by atoms with Crippen molar-refractivity contribution >= 4 is 66.1 Å². The zero-order chi connectivity index (χ0) is 38.4. The summed E-state index contributed by atoms with van der Waals surface area (Å²) in [6.45, 7) is 0. The van der Waals surface area contributed by atoms with Gasteiger partial charge in [0.2, 0.25) is 0 Å². The molecule has 0 aliphatic rings. The molecule has 2 heterocycles. The van der Waals surface area contributed by atoms with Crippen molar-refractivity contribution in [1.82, 2.24) is 15.0 Å². The molecule has 10 rings (SSSR count). The zero-order valence-corrected chi connectivity index (χ0v) is 27.5. The van der Waals surface area contributed by atoms with Gasteiger partial charge < -0.3 is 0 Å².